The van der Waals surface area contributed by atoms with Crippen molar-refractivity contribution in [3.8, 4) is 0 Å². The van der Waals surface area contributed by atoms with E-state index in [1.807, 2.05) is 54.6 Å². The third-order valence-electron chi connectivity index (χ3n) is 3.91. The van der Waals surface area contributed by atoms with E-state index in [2.05, 4.69) is 31.8 Å². The van der Waals surface area contributed by atoms with Crippen LogP contribution in [0.25, 0.3) is 6.08 Å². The van der Waals surface area contributed by atoms with Crippen LogP contribution >= 0.6 is 15.9 Å². The van der Waals surface area contributed by atoms with Crippen LogP contribution < -0.4 is 10.7 Å². The molecule has 0 aliphatic rings. The van der Waals surface area contributed by atoms with Crippen molar-refractivity contribution in [1.82, 2.24) is 5.43 Å². The maximum Gasteiger partial charge on any atom is 0.273 e. The minimum atomic E-state index is -0.415. The van der Waals surface area contributed by atoms with Crippen molar-refractivity contribution in [2.45, 2.75) is 0 Å². The van der Waals surface area contributed by atoms with Crippen LogP contribution in [-0.2, 0) is 4.79 Å². The summed E-state index contributed by atoms with van der Waals surface area (Å²) in [5.74, 6) is -0.742. The molecule has 0 aliphatic heterocycles. The van der Waals surface area contributed by atoms with E-state index in [-0.39, 0.29) is 5.91 Å². The van der Waals surface area contributed by atoms with Crippen LogP contribution in [0.15, 0.2) is 94.5 Å². The summed E-state index contributed by atoms with van der Waals surface area (Å²) in [6, 6.07) is 23.8. The molecule has 0 saturated carbocycles. The zero-order valence-corrected chi connectivity index (χ0v) is 17.0. The Labute approximate surface area is 177 Å². The first-order chi connectivity index (χ1) is 14.1. The number of para-hydroxylation sites is 1. The van der Waals surface area contributed by atoms with Gasteiger partial charge in [-0.15, -0.1) is 0 Å². The fraction of sp³-hybridized carbons (Fsp3) is 0. The monoisotopic (exact) mass is 447 g/mol. The number of nitrogens with zero attached hydrogens (tertiary/aromatic N) is 1. The average molecular weight is 448 g/mol. The number of nitrogens with one attached hydrogen (secondary N) is 2. The molecule has 0 atom stereocenters. The lowest BCUT2D eigenvalue weighted by molar-refractivity contribution is -0.111. The second-order valence-electron chi connectivity index (χ2n) is 6.03. The topological polar surface area (TPSA) is 70.6 Å². The summed E-state index contributed by atoms with van der Waals surface area (Å²) in [5, 5.41) is 6.71. The van der Waals surface area contributed by atoms with Gasteiger partial charge in [-0.1, -0.05) is 70.5 Å². The lowest BCUT2D eigenvalue weighted by Gasteiger charge is -2.08. The van der Waals surface area contributed by atoms with Crippen molar-refractivity contribution in [3.05, 3.63) is 106 Å². The normalized spacial score (nSPS) is 10.9. The third kappa shape index (κ3) is 6.26. The number of hydrogen-bond donors (Lipinski definition) is 2. The van der Waals surface area contributed by atoms with E-state index < -0.39 is 5.91 Å². The van der Waals surface area contributed by atoms with Gasteiger partial charge in [0.15, 0.2) is 0 Å². The molecule has 3 aromatic carbocycles. The number of hydrazone groups is 1. The number of halogens is 1. The Morgan fingerprint density at radius 1 is 0.828 bits per heavy atom. The third-order valence-corrected chi connectivity index (χ3v) is 4.43. The Hall–Kier alpha value is -3.51. The number of hydrogen-bond acceptors (Lipinski definition) is 3. The lowest BCUT2D eigenvalue weighted by atomic mass is 10.1. The van der Waals surface area contributed by atoms with Gasteiger partial charge in [0, 0.05) is 10.5 Å². The predicted molar refractivity (Wildman–Crippen MR) is 120 cm³/mol. The van der Waals surface area contributed by atoms with Gasteiger partial charge in [0.05, 0.1) is 17.5 Å². The van der Waals surface area contributed by atoms with Gasteiger partial charge in [0.2, 0.25) is 5.91 Å². The number of amides is 2. The van der Waals surface area contributed by atoms with Gasteiger partial charge < -0.3 is 5.32 Å². The quantitative estimate of drug-likeness (QED) is 0.321. The van der Waals surface area contributed by atoms with Gasteiger partial charge in [-0.25, -0.2) is 5.43 Å². The highest BCUT2D eigenvalue weighted by atomic mass is 79.9. The van der Waals surface area contributed by atoms with Crippen LogP contribution in [0.4, 0.5) is 5.69 Å². The highest BCUT2D eigenvalue weighted by Crippen LogP contribution is 2.15. The maximum atomic E-state index is 12.5. The molecule has 144 valence electrons. The molecule has 0 aliphatic carbocycles. The van der Waals surface area contributed by atoms with Gasteiger partial charge in [-0.2, -0.15) is 5.10 Å². The van der Waals surface area contributed by atoms with Crippen LogP contribution in [-0.4, -0.2) is 18.0 Å². The van der Waals surface area contributed by atoms with Gasteiger partial charge in [0.1, 0.15) is 0 Å². The minimum Gasteiger partial charge on any atom is -0.322 e. The molecule has 0 spiro atoms. The van der Waals surface area contributed by atoms with E-state index in [1.54, 1.807) is 36.6 Å². The summed E-state index contributed by atoms with van der Waals surface area (Å²) in [6.07, 6.45) is 4.68. The van der Waals surface area contributed by atoms with Crippen molar-refractivity contribution >= 4 is 45.7 Å². The number of anilines is 1. The van der Waals surface area contributed by atoms with Gasteiger partial charge in [-0.05, 0) is 41.5 Å². The molecule has 5 nitrogen and oxygen atoms in total. The van der Waals surface area contributed by atoms with E-state index >= 15 is 0 Å². The fourth-order valence-corrected chi connectivity index (χ4v) is 2.74. The lowest BCUT2D eigenvalue weighted by Crippen LogP contribution is -2.20. The molecular formula is C23H18BrN3O2. The van der Waals surface area contributed by atoms with Gasteiger partial charge in [0.25, 0.3) is 5.91 Å². The van der Waals surface area contributed by atoms with Crippen molar-refractivity contribution in [2.24, 2.45) is 5.10 Å². The van der Waals surface area contributed by atoms with Crippen LogP contribution in [0, 0.1) is 0 Å². The molecule has 0 radical (unpaired) electrons. The Balaban J connectivity index is 1.64. The van der Waals surface area contributed by atoms with E-state index in [4.69, 9.17) is 0 Å². The molecular weight excluding hydrogens is 430 g/mol. The Morgan fingerprint density at radius 2 is 1.52 bits per heavy atom. The van der Waals surface area contributed by atoms with E-state index in [1.165, 1.54) is 6.08 Å². The molecule has 3 rings (SSSR count). The largest absolute Gasteiger partial charge is 0.322 e. The maximum absolute atomic E-state index is 12.5. The molecule has 2 amide bonds. The number of benzene rings is 3. The van der Waals surface area contributed by atoms with Crippen molar-refractivity contribution in [1.29, 1.82) is 0 Å². The number of rotatable bonds is 6. The summed E-state index contributed by atoms with van der Waals surface area (Å²) < 4.78 is 0.963. The van der Waals surface area contributed by atoms with Crippen molar-refractivity contribution in [2.75, 3.05) is 5.32 Å². The zero-order valence-electron chi connectivity index (χ0n) is 15.4. The summed E-state index contributed by atoms with van der Waals surface area (Å²) in [4.78, 5) is 24.7. The molecule has 2 N–H and O–H groups in total. The van der Waals surface area contributed by atoms with Crippen molar-refractivity contribution < 1.29 is 9.59 Å². The Kier molecular flexibility index (Phi) is 7.08. The second kappa shape index (κ2) is 10.1. The smallest absolute Gasteiger partial charge is 0.273 e. The Morgan fingerprint density at radius 3 is 2.28 bits per heavy atom. The van der Waals surface area contributed by atoms with Gasteiger partial charge >= 0.3 is 0 Å². The van der Waals surface area contributed by atoms with E-state index in [9.17, 15) is 9.59 Å². The molecule has 6 heteroatoms. The second-order valence-corrected chi connectivity index (χ2v) is 6.95. The summed E-state index contributed by atoms with van der Waals surface area (Å²) >= 11 is 3.37. The SMILES string of the molecule is O=C(/C=C/c1ccccc1)Nc1ccccc1C(=O)N/N=C\c1ccc(Br)cc1. The first kappa shape index (κ1) is 20.2. The van der Waals surface area contributed by atoms with Crippen molar-refractivity contribution in [3.63, 3.8) is 0 Å². The molecule has 0 unspecified atom stereocenters. The molecule has 29 heavy (non-hydrogen) atoms. The first-order valence-electron chi connectivity index (χ1n) is 8.84. The number of carbonyl (C=O) groups excluding carboxylic acids is 2. The first-order valence-corrected chi connectivity index (χ1v) is 9.63. The summed E-state index contributed by atoms with van der Waals surface area (Å²) in [5.41, 5.74) is 4.97. The molecule has 3 aromatic rings. The highest BCUT2D eigenvalue weighted by molar-refractivity contribution is 9.10. The van der Waals surface area contributed by atoms with Crippen LogP contribution in [0.5, 0.6) is 0 Å². The fourth-order valence-electron chi connectivity index (χ4n) is 2.48. The molecule has 0 fully saturated rings. The van der Waals surface area contributed by atoms with E-state index in [0.29, 0.717) is 11.3 Å². The van der Waals surface area contributed by atoms with Crippen LogP contribution in [0.3, 0.4) is 0 Å². The van der Waals surface area contributed by atoms with Crippen LogP contribution in [0.2, 0.25) is 0 Å². The minimum absolute atomic E-state index is 0.321. The van der Waals surface area contributed by atoms with Gasteiger partial charge in [-0.3, -0.25) is 9.59 Å². The number of carbonyl (C=O) groups is 2. The average Bonchev–Trinajstić information content (AvgIpc) is 2.75. The standard InChI is InChI=1S/C23H18BrN3O2/c24-19-13-10-18(11-14-19)16-25-27-23(29)20-8-4-5-9-21(20)26-22(28)15-12-17-6-2-1-3-7-17/h1-16H,(H,26,28)(H,27,29)/b15-12+,25-16-. The highest BCUT2D eigenvalue weighted by Gasteiger charge is 2.11. The molecule has 0 aromatic heterocycles. The molecule has 0 bridgehead atoms. The molecule has 0 heterocycles. The summed E-state index contributed by atoms with van der Waals surface area (Å²) in [6.45, 7) is 0. The Bertz CT molecular complexity index is 1050. The molecule has 0 saturated heterocycles. The van der Waals surface area contributed by atoms with Crippen LogP contribution in [0.1, 0.15) is 21.5 Å². The summed E-state index contributed by atoms with van der Waals surface area (Å²) in [7, 11) is 0. The zero-order chi connectivity index (χ0) is 20.5. The predicted octanol–water partition coefficient (Wildman–Crippen LogP) is 4.86. The van der Waals surface area contributed by atoms with E-state index in [0.717, 1.165) is 15.6 Å².